The molecule has 0 fully saturated rings. The van der Waals surface area contributed by atoms with Gasteiger partial charge in [-0.1, -0.05) is 18.2 Å². The summed E-state index contributed by atoms with van der Waals surface area (Å²) in [6, 6.07) is 13.4. The lowest BCUT2D eigenvalue weighted by Gasteiger charge is -2.31. The molecule has 1 aliphatic rings. The lowest BCUT2D eigenvalue weighted by atomic mass is 10.0. The van der Waals surface area contributed by atoms with Gasteiger partial charge in [-0.25, -0.2) is 4.79 Å². The number of para-hydroxylation sites is 1. The smallest absolute Gasteiger partial charge is 0.337 e. The van der Waals surface area contributed by atoms with Gasteiger partial charge < -0.3 is 15.7 Å². The SMILES string of the molecule is Nc1ccc(N2CCCc3ccccc32)cc1C(=O)O. The van der Waals surface area contributed by atoms with Crippen LogP contribution >= 0.6 is 0 Å². The van der Waals surface area contributed by atoms with Crippen LogP contribution in [0.4, 0.5) is 17.1 Å². The van der Waals surface area contributed by atoms with Gasteiger partial charge in [-0.3, -0.25) is 0 Å². The van der Waals surface area contributed by atoms with Crippen molar-refractivity contribution in [2.24, 2.45) is 0 Å². The van der Waals surface area contributed by atoms with Crippen LogP contribution in [0.2, 0.25) is 0 Å². The van der Waals surface area contributed by atoms with Crippen molar-refractivity contribution >= 4 is 23.0 Å². The fourth-order valence-electron chi connectivity index (χ4n) is 2.70. The topological polar surface area (TPSA) is 66.6 Å². The molecule has 20 heavy (non-hydrogen) atoms. The zero-order valence-corrected chi connectivity index (χ0v) is 11.0. The highest BCUT2D eigenvalue weighted by Crippen LogP contribution is 2.34. The Morgan fingerprint density at radius 2 is 2.00 bits per heavy atom. The molecule has 1 aliphatic heterocycles. The van der Waals surface area contributed by atoms with Crippen LogP contribution < -0.4 is 10.6 Å². The minimum Gasteiger partial charge on any atom is -0.478 e. The second-order valence-electron chi connectivity index (χ2n) is 4.96. The van der Waals surface area contributed by atoms with E-state index in [9.17, 15) is 9.90 Å². The molecule has 102 valence electrons. The quantitative estimate of drug-likeness (QED) is 0.821. The molecule has 0 bridgehead atoms. The molecule has 0 atom stereocenters. The molecule has 1 heterocycles. The average molecular weight is 268 g/mol. The monoisotopic (exact) mass is 268 g/mol. The van der Waals surface area contributed by atoms with Gasteiger partial charge in [-0.2, -0.15) is 0 Å². The van der Waals surface area contributed by atoms with E-state index in [0.29, 0.717) is 5.69 Å². The van der Waals surface area contributed by atoms with Gasteiger partial charge >= 0.3 is 5.97 Å². The second kappa shape index (κ2) is 4.89. The fraction of sp³-hybridized carbons (Fsp3) is 0.188. The number of carboxylic acids is 1. The summed E-state index contributed by atoms with van der Waals surface area (Å²) >= 11 is 0. The number of nitrogens with zero attached hydrogens (tertiary/aromatic N) is 1. The van der Waals surface area contributed by atoms with Crippen LogP contribution in [0.1, 0.15) is 22.3 Å². The van der Waals surface area contributed by atoms with E-state index in [1.165, 1.54) is 5.56 Å². The lowest BCUT2D eigenvalue weighted by Crippen LogP contribution is -2.24. The zero-order chi connectivity index (χ0) is 14.1. The Labute approximate surface area is 117 Å². The number of carbonyl (C=O) groups is 1. The highest BCUT2D eigenvalue weighted by molar-refractivity contribution is 5.95. The summed E-state index contributed by atoms with van der Waals surface area (Å²) in [4.78, 5) is 13.4. The summed E-state index contributed by atoms with van der Waals surface area (Å²) < 4.78 is 0. The third kappa shape index (κ3) is 2.09. The second-order valence-corrected chi connectivity index (χ2v) is 4.96. The Bertz CT molecular complexity index is 667. The van der Waals surface area contributed by atoms with Crippen LogP contribution in [0.15, 0.2) is 42.5 Å². The number of rotatable bonds is 2. The molecule has 0 amide bonds. The molecule has 2 aromatic carbocycles. The van der Waals surface area contributed by atoms with Gasteiger partial charge in [0.25, 0.3) is 0 Å². The molecule has 0 saturated carbocycles. The minimum absolute atomic E-state index is 0.158. The molecule has 0 aromatic heterocycles. The third-order valence-electron chi connectivity index (χ3n) is 3.69. The van der Waals surface area contributed by atoms with Gasteiger partial charge in [-0.05, 0) is 42.7 Å². The highest BCUT2D eigenvalue weighted by Gasteiger charge is 2.19. The lowest BCUT2D eigenvalue weighted by molar-refractivity contribution is 0.0698. The largest absolute Gasteiger partial charge is 0.478 e. The van der Waals surface area contributed by atoms with Crippen LogP contribution in [-0.2, 0) is 6.42 Å². The van der Waals surface area contributed by atoms with Crippen molar-refractivity contribution in [3.05, 3.63) is 53.6 Å². The van der Waals surface area contributed by atoms with Gasteiger partial charge in [0.2, 0.25) is 0 Å². The minimum atomic E-state index is -0.991. The van der Waals surface area contributed by atoms with Gasteiger partial charge in [0.15, 0.2) is 0 Å². The summed E-state index contributed by atoms with van der Waals surface area (Å²) in [5.74, 6) is -0.991. The standard InChI is InChI=1S/C16H16N2O2/c17-14-8-7-12(10-13(14)16(19)20)18-9-3-5-11-4-1-2-6-15(11)18/h1-2,4,6-8,10H,3,5,9,17H2,(H,19,20). The summed E-state index contributed by atoms with van der Waals surface area (Å²) in [6.07, 6.45) is 2.12. The molecule has 0 radical (unpaired) electrons. The van der Waals surface area contributed by atoms with Crippen LogP contribution in [0.5, 0.6) is 0 Å². The predicted octanol–water partition coefficient (Wildman–Crippen LogP) is 3.05. The number of carboxylic acid groups (broad SMARTS) is 1. The maximum atomic E-state index is 11.2. The average Bonchev–Trinajstić information content (AvgIpc) is 2.47. The van der Waals surface area contributed by atoms with Gasteiger partial charge in [0, 0.05) is 23.6 Å². The van der Waals surface area contributed by atoms with Crippen LogP contribution in [-0.4, -0.2) is 17.6 Å². The van der Waals surface area contributed by atoms with E-state index in [4.69, 9.17) is 5.73 Å². The molecule has 3 rings (SSSR count). The maximum absolute atomic E-state index is 11.2. The molecule has 0 aliphatic carbocycles. The Morgan fingerprint density at radius 3 is 2.80 bits per heavy atom. The summed E-state index contributed by atoms with van der Waals surface area (Å²) in [5, 5.41) is 9.19. The van der Waals surface area contributed by atoms with E-state index in [1.807, 2.05) is 18.2 Å². The normalized spacial score (nSPS) is 13.9. The first-order chi connectivity index (χ1) is 9.66. The summed E-state index contributed by atoms with van der Waals surface area (Å²) in [7, 11) is 0. The number of hydrogen-bond acceptors (Lipinski definition) is 3. The van der Waals surface area contributed by atoms with E-state index in [-0.39, 0.29) is 5.56 Å². The molecule has 0 spiro atoms. The van der Waals surface area contributed by atoms with Crippen LogP contribution in [0.3, 0.4) is 0 Å². The number of fused-ring (bicyclic) bond motifs is 1. The number of nitrogen functional groups attached to an aromatic ring is 1. The van der Waals surface area contributed by atoms with Crippen molar-refractivity contribution in [1.29, 1.82) is 0 Å². The summed E-state index contributed by atoms with van der Waals surface area (Å²) in [5.41, 5.74) is 9.50. The number of aromatic carboxylic acids is 1. The van der Waals surface area contributed by atoms with Crippen molar-refractivity contribution in [2.45, 2.75) is 12.8 Å². The fourth-order valence-corrected chi connectivity index (χ4v) is 2.70. The molecule has 0 unspecified atom stereocenters. The first-order valence-corrected chi connectivity index (χ1v) is 6.65. The van der Waals surface area contributed by atoms with E-state index in [0.717, 1.165) is 30.8 Å². The predicted molar refractivity (Wildman–Crippen MR) is 79.6 cm³/mol. The van der Waals surface area contributed by atoms with E-state index >= 15 is 0 Å². The molecule has 0 saturated heterocycles. The van der Waals surface area contributed by atoms with Gasteiger partial charge in [-0.15, -0.1) is 0 Å². The van der Waals surface area contributed by atoms with Crippen molar-refractivity contribution in [1.82, 2.24) is 0 Å². The molecule has 4 nitrogen and oxygen atoms in total. The van der Waals surface area contributed by atoms with E-state index in [2.05, 4.69) is 17.0 Å². The third-order valence-corrected chi connectivity index (χ3v) is 3.69. The number of hydrogen-bond donors (Lipinski definition) is 2. The zero-order valence-electron chi connectivity index (χ0n) is 11.0. The van der Waals surface area contributed by atoms with E-state index < -0.39 is 5.97 Å². The first kappa shape index (κ1) is 12.5. The maximum Gasteiger partial charge on any atom is 0.337 e. The van der Waals surface area contributed by atoms with Crippen LogP contribution in [0, 0.1) is 0 Å². The summed E-state index contributed by atoms with van der Waals surface area (Å²) in [6.45, 7) is 0.889. The molecular weight excluding hydrogens is 252 g/mol. The van der Waals surface area contributed by atoms with Gasteiger partial charge in [0.1, 0.15) is 0 Å². The Kier molecular flexibility index (Phi) is 3.06. The number of benzene rings is 2. The Morgan fingerprint density at radius 1 is 1.20 bits per heavy atom. The van der Waals surface area contributed by atoms with E-state index in [1.54, 1.807) is 12.1 Å². The van der Waals surface area contributed by atoms with Crippen LogP contribution in [0.25, 0.3) is 0 Å². The molecular formula is C16H16N2O2. The Hall–Kier alpha value is -2.49. The Balaban J connectivity index is 2.07. The van der Waals surface area contributed by atoms with Crippen molar-refractivity contribution in [3.8, 4) is 0 Å². The first-order valence-electron chi connectivity index (χ1n) is 6.65. The van der Waals surface area contributed by atoms with Crippen molar-refractivity contribution in [3.63, 3.8) is 0 Å². The van der Waals surface area contributed by atoms with Crippen molar-refractivity contribution in [2.75, 3.05) is 17.2 Å². The highest BCUT2D eigenvalue weighted by atomic mass is 16.4. The molecule has 2 aromatic rings. The van der Waals surface area contributed by atoms with Gasteiger partial charge in [0.05, 0.1) is 5.56 Å². The number of anilines is 3. The number of nitrogens with two attached hydrogens (primary N) is 1. The molecule has 3 N–H and O–H groups in total. The van der Waals surface area contributed by atoms with Crippen molar-refractivity contribution < 1.29 is 9.90 Å². The number of aryl methyl sites for hydroxylation is 1. The molecule has 4 heteroatoms.